The highest BCUT2D eigenvalue weighted by atomic mass is 16.5. The minimum atomic E-state index is -0.705. The summed E-state index contributed by atoms with van der Waals surface area (Å²) in [4.78, 5) is 17.4. The molecule has 32 heavy (non-hydrogen) atoms. The first-order chi connectivity index (χ1) is 15.6. The number of amides is 1. The van der Waals surface area contributed by atoms with Gasteiger partial charge < -0.3 is 9.47 Å². The standard InChI is InChI=1S/C26H21N3O3/c1-17(30)29-26(32-25(28-29)19-11-8-12-20(15-19)31-2)22-16-24(18-9-4-3-5-10-18)27-23-14-7-6-13-21(22)23/h3-16,26H,1-2H3/t26-/m0/s1. The molecule has 6 heteroatoms. The first-order valence-electron chi connectivity index (χ1n) is 10.3. The number of carbonyl (C=O) groups is 1. The van der Waals surface area contributed by atoms with Gasteiger partial charge in [-0.25, -0.2) is 4.98 Å². The normalized spacial score (nSPS) is 15.4. The van der Waals surface area contributed by atoms with E-state index >= 15 is 0 Å². The van der Waals surface area contributed by atoms with E-state index in [1.54, 1.807) is 7.11 Å². The number of para-hydroxylation sites is 1. The zero-order valence-corrected chi connectivity index (χ0v) is 17.7. The van der Waals surface area contributed by atoms with E-state index in [9.17, 15) is 4.79 Å². The monoisotopic (exact) mass is 423 g/mol. The van der Waals surface area contributed by atoms with Gasteiger partial charge in [0.25, 0.3) is 0 Å². The number of aromatic nitrogens is 1. The Morgan fingerprint density at radius 3 is 2.47 bits per heavy atom. The summed E-state index contributed by atoms with van der Waals surface area (Å²) in [6.45, 7) is 1.48. The SMILES string of the molecule is COc1cccc(C2=NN(C(C)=O)[C@H](c3cc(-c4ccccc4)nc4ccccc34)O2)c1. The van der Waals surface area contributed by atoms with Crippen LogP contribution in [0.5, 0.6) is 5.75 Å². The van der Waals surface area contributed by atoms with Crippen LogP contribution in [0.1, 0.15) is 24.3 Å². The number of pyridine rings is 1. The molecule has 0 unspecified atom stereocenters. The summed E-state index contributed by atoms with van der Waals surface area (Å²) in [6.07, 6.45) is -0.705. The fourth-order valence-corrected chi connectivity index (χ4v) is 3.81. The van der Waals surface area contributed by atoms with Crippen molar-refractivity contribution in [2.45, 2.75) is 13.2 Å². The number of hydrogen-bond donors (Lipinski definition) is 0. The Balaban J connectivity index is 1.63. The molecule has 2 heterocycles. The van der Waals surface area contributed by atoms with Crippen LogP contribution in [0.4, 0.5) is 0 Å². The van der Waals surface area contributed by atoms with E-state index in [1.807, 2.05) is 84.9 Å². The van der Waals surface area contributed by atoms with Crippen molar-refractivity contribution in [2.75, 3.05) is 7.11 Å². The third-order valence-electron chi connectivity index (χ3n) is 5.37. The molecule has 1 amide bonds. The fraction of sp³-hybridized carbons (Fsp3) is 0.115. The lowest BCUT2D eigenvalue weighted by Crippen LogP contribution is -2.25. The van der Waals surface area contributed by atoms with Crippen LogP contribution in [0.15, 0.2) is 90.0 Å². The van der Waals surface area contributed by atoms with Gasteiger partial charge in [-0.15, -0.1) is 5.10 Å². The van der Waals surface area contributed by atoms with E-state index < -0.39 is 6.23 Å². The van der Waals surface area contributed by atoms with E-state index in [2.05, 4.69) is 5.10 Å². The van der Waals surface area contributed by atoms with Crippen LogP contribution in [0.2, 0.25) is 0 Å². The van der Waals surface area contributed by atoms with Crippen LogP contribution in [0, 0.1) is 0 Å². The van der Waals surface area contributed by atoms with Gasteiger partial charge in [0.05, 0.1) is 18.3 Å². The van der Waals surface area contributed by atoms with E-state index in [-0.39, 0.29) is 5.91 Å². The van der Waals surface area contributed by atoms with Gasteiger partial charge in [0.1, 0.15) is 5.75 Å². The van der Waals surface area contributed by atoms with Crippen LogP contribution in [0.3, 0.4) is 0 Å². The molecule has 3 aromatic carbocycles. The van der Waals surface area contributed by atoms with Crippen molar-refractivity contribution < 1.29 is 14.3 Å². The Morgan fingerprint density at radius 2 is 1.69 bits per heavy atom. The number of hydrogen-bond acceptors (Lipinski definition) is 5. The van der Waals surface area contributed by atoms with Gasteiger partial charge in [-0.1, -0.05) is 54.6 Å². The number of carbonyl (C=O) groups excluding carboxylic acids is 1. The fourth-order valence-electron chi connectivity index (χ4n) is 3.81. The maximum absolute atomic E-state index is 12.5. The zero-order valence-electron chi connectivity index (χ0n) is 17.7. The quantitative estimate of drug-likeness (QED) is 0.455. The summed E-state index contributed by atoms with van der Waals surface area (Å²) >= 11 is 0. The number of fused-ring (bicyclic) bond motifs is 1. The molecule has 1 aliphatic heterocycles. The second kappa shape index (κ2) is 8.15. The maximum Gasteiger partial charge on any atom is 0.243 e. The lowest BCUT2D eigenvalue weighted by atomic mass is 10.0. The molecular formula is C26H21N3O3. The second-order valence-electron chi connectivity index (χ2n) is 7.45. The van der Waals surface area contributed by atoms with E-state index in [4.69, 9.17) is 14.5 Å². The van der Waals surface area contributed by atoms with Gasteiger partial charge >= 0.3 is 0 Å². The molecule has 0 bridgehead atoms. The van der Waals surface area contributed by atoms with E-state index in [1.165, 1.54) is 11.9 Å². The van der Waals surface area contributed by atoms with Gasteiger partial charge in [0.2, 0.25) is 18.0 Å². The van der Waals surface area contributed by atoms with Gasteiger partial charge in [-0.3, -0.25) is 4.79 Å². The number of ether oxygens (including phenoxy) is 2. The average molecular weight is 423 g/mol. The highest BCUT2D eigenvalue weighted by Gasteiger charge is 2.34. The molecule has 0 saturated carbocycles. The van der Waals surface area contributed by atoms with E-state index in [0.29, 0.717) is 11.6 Å². The van der Waals surface area contributed by atoms with Gasteiger partial charge in [0, 0.05) is 29.0 Å². The molecule has 0 radical (unpaired) electrons. The molecular weight excluding hydrogens is 402 g/mol. The largest absolute Gasteiger partial charge is 0.497 e. The van der Waals surface area contributed by atoms with Gasteiger partial charge in [-0.05, 0) is 30.3 Å². The molecule has 0 saturated heterocycles. The summed E-state index contributed by atoms with van der Waals surface area (Å²) in [5.74, 6) is 0.841. The summed E-state index contributed by atoms with van der Waals surface area (Å²) in [6, 6.07) is 27.2. The Morgan fingerprint density at radius 1 is 0.938 bits per heavy atom. The smallest absolute Gasteiger partial charge is 0.243 e. The third kappa shape index (κ3) is 3.56. The Kier molecular flexibility index (Phi) is 5.03. The molecule has 6 nitrogen and oxygen atoms in total. The molecule has 158 valence electrons. The molecule has 0 aliphatic carbocycles. The number of nitrogens with zero attached hydrogens (tertiary/aromatic N) is 3. The molecule has 0 N–H and O–H groups in total. The highest BCUT2D eigenvalue weighted by molar-refractivity contribution is 5.97. The molecule has 5 rings (SSSR count). The molecule has 1 aliphatic rings. The van der Waals surface area contributed by atoms with Crippen molar-refractivity contribution in [3.63, 3.8) is 0 Å². The van der Waals surface area contributed by atoms with Crippen molar-refractivity contribution >= 4 is 22.7 Å². The maximum atomic E-state index is 12.5. The summed E-state index contributed by atoms with van der Waals surface area (Å²) in [5.41, 5.74) is 4.18. The lowest BCUT2D eigenvalue weighted by molar-refractivity contribution is -0.135. The van der Waals surface area contributed by atoms with Crippen LogP contribution in [0.25, 0.3) is 22.2 Å². The summed E-state index contributed by atoms with van der Waals surface area (Å²) < 4.78 is 11.6. The molecule has 4 aromatic rings. The van der Waals surface area contributed by atoms with Gasteiger partial charge in [0.15, 0.2) is 0 Å². The number of benzene rings is 3. The number of methoxy groups -OCH3 is 1. The Labute approximate surface area is 185 Å². The van der Waals surface area contributed by atoms with Crippen molar-refractivity contribution in [2.24, 2.45) is 5.10 Å². The molecule has 1 aromatic heterocycles. The van der Waals surface area contributed by atoms with Crippen molar-refractivity contribution in [3.8, 4) is 17.0 Å². The first kappa shape index (κ1) is 19.8. The average Bonchev–Trinajstić information content (AvgIpc) is 3.30. The topological polar surface area (TPSA) is 64.0 Å². The number of rotatable bonds is 4. The minimum Gasteiger partial charge on any atom is -0.497 e. The minimum absolute atomic E-state index is 0.213. The van der Waals surface area contributed by atoms with E-state index in [0.717, 1.165) is 33.3 Å². The molecule has 1 atom stereocenters. The van der Waals surface area contributed by atoms with Crippen LogP contribution < -0.4 is 4.74 Å². The Bertz CT molecular complexity index is 1330. The lowest BCUT2D eigenvalue weighted by Gasteiger charge is -2.21. The summed E-state index contributed by atoms with van der Waals surface area (Å²) in [7, 11) is 1.61. The third-order valence-corrected chi connectivity index (χ3v) is 5.37. The molecule has 0 fully saturated rings. The number of hydrazone groups is 1. The molecule has 0 spiro atoms. The predicted octanol–water partition coefficient (Wildman–Crippen LogP) is 5.15. The van der Waals surface area contributed by atoms with Gasteiger partial charge in [-0.2, -0.15) is 5.01 Å². The van der Waals surface area contributed by atoms with Crippen molar-refractivity contribution in [3.05, 3.63) is 96.1 Å². The van der Waals surface area contributed by atoms with Crippen LogP contribution >= 0.6 is 0 Å². The Hall–Kier alpha value is -4.19. The summed E-state index contributed by atoms with van der Waals surface area (Å²) in [5, 5.41) is 6.79. The first-order valence-corrected chi connectivity index (χ1v) is 10.3. The second-order valence-corrected chi connectivity index (χ2v) is 7.45. The highest BCUT2D eigenvalue weighted by Crippen LogP contribution is 2.36. The van der Waals surface area contributed by atoms with Crippen molar-refractivity contribution in [1.29, 1.82) is 0 Å². The van der Waals surface area contributed by atoms with Crippen LogP contribution in [-0.4, -0.2) is 28.9 Å². The van der Waals surface area contributed by atoms with Crippen LogP contribution in [-0.2, 0) is 9.53 Å². The van der Waals surface area contributed by atoms with Crippen molar-refractivity contribution in [1.82, 2.24) is 9.99 Å². The zero-order chi connectivity index (χ0) is 22.1. The predicted molar refractivity (Wildman–Crippen MR) is 123 cm³/mol.